The van der Waals surface area contributed by atoms with E-state index in [4.69, 9.17) is 11.6 Å². The van der Waals surface area contributed by atoms with Crippen molar-refractivity contribution in [1.82, 2.24) is 5.43 Å². The van der Waals surface area contributed by atoms with E-state index in [2.05, 4.69) is 121 Å². The van der Waals surface area contributed by atoms with Crippen LogP contribution < -0.4 is 17.0 Å². The first-order chi connectivity index (χ1) is 18.2. The second-order valence-electron chi connectivity index (χ2n) is 9.44. The summed E-state index contributed by atoms with van der Waals surface area (Å²) in [6.45, 7) is 0. The van der Waals surface area contributed by atoms with Crippen LogP contribution >= 0.6 is 0 Å². The lowest BCUT2D eigenvalue weighted by Gasteiger charge is -2.24. The normalized spacial score (nSPS) is 19.4. The van der Waals surface area contributed by atoms with Gasteiger partial charge in [-0.2, -0.15) is 0 Å². The predicted octanol–water partition coefficient (Wildman–Crippen LogP) is 7.26. The topological polar surface area (TPSA) is 64.1 Å². The third-order valence-electron chi connectivity index (χ3n) is 7.31. The number of fused-ring (bicyclic) bond motifs is 3. The summed E-state index contributed by atoms with van der Waals surface area (Å²) in [6.07, 6.45) is 17.7. The highest BCUT2D eigenvalue weighted by molar-refractivity contribution is 6.09. The van der Waals surface area contributed by atoms with Crippen LogP contribution in [0.15, 0.2) is 139 Å². The third kappa shape index (κ3) is 4.20. The molecule has 4 aromatic carbocycles. The molecule has 6 rings (SSSR count). The van der Waals surface area contributed by atoms with Gasteiger partial charge in [0.2, 0.25) is 0 Å². The molecule has 0 saturated carbocycles. The van der Waals surface area contributed by atoms with E-state index in [1.54, 1.807) is 0 Å². The summed E-state index contributed by atoms with van der Waals surface area (Å²) in [6, 6.07) is 27.9. The maximum Gasteiger partial charge on any atom is 0.0598 e. The van der Waals surface area contributed by atoms with Crippen molar-refractivity contribution < 1.29 is 0 Å². The number of rotatable bonds is 4. The summed E-state index contributed by atoms with van der Waals surface area (Å²) in [4.78, 5) is 0. The van der Waals surface area contributed by atoms with Crippen LogP contribution in [0.2, 0.25) is 0 Å². The molecule has 180 valence electrons. The number of hydrogen-bond donors (Lipinski definition) is 3. The molecule has 0 saturated heterocycles. The molecule has 37 heavy (non-hydrogen) atoms. The van der Waals surface area contributed by atoms with Crippen LogP contribution in [0.4, 0.5) is 0 Å². The lowest BCUT2D eigenvalue weighted by atomic mass is 9.82. The van der Waals surface area contributed by atoms with Crippen molar-refractivity contribution in [3.05, 3.63) is 155 Å². The Labute approximate surface area is 217 Å². The molecule has 0 heterocycles. The van der Waals surface area contributed by atoms with Crippen molar-refractivity contribution in [2.24, 2.45) is 11.6 Å². The van der Waals surface area contributed by atoms with Crippen LogP contribution in [0, 0.1) is 0 Å². The van der Waals surface area contributed by atoms with Gasteiger partial charge in [-0.1, -0.05) is 121 Å². The lowest BCUT2D eigenvalue weighted by Crippen LogP contribution is -2.23. The molecule has 4 aromatic rings. The Balaban J connectivity index is 1.47. The molecule has 2 aliphatic carbocycles. The van der Waals surface area contributed by atoms with Crippen LogP contribution in [0.3, 0.4) is 0 Å². The summed E-state index contributed by atoms with van der Waals surface area (Å²) in [5.41, 5.74) is 16.8. The molecule has 0 amide bonds. The Kier molecular flexibility index (Phi) is 6.05. The Bertz CT molecular complexity index is 1680. The molecule has 0 radical (unpaired) electrons. The van der Waals surface area contributed by atoms with E-state index in [0.717, 1.165) is 40.1 Å². The van der Waals surface area contributed by atoms with Gasteiger partial charge in [0.15, 0.2) is 0 Å². The number of benzene rings is 4. The van der Waals surface area contributed by atoms with E-state index < -0.39 is 0 Å². The number of hydrazine groups is 1. The van der Waals surface area contributed by atoms with E-state index in [-0.39, 0.29) is 5.92 Å². The van der Waals surface area contributed by atoms with Gasteiger partial charge in [-0.25, -0.2) is 0 Å². The minimum atomic E-state index is 0.0524. The first kappa shape index (κ1) is 22.8. The fraction of sp³-hybridized carbons (Fsp3) is 0.0588. The highest BCUT2D eigenvalue weighted by Crippen LogP contribution is 2.40. The van der Waals surface area contributed by atoms with Gasteiger partial charge in [0, 0.05) is 11.6 Å². The van der Waals surface area contributed by atoms with Crippen molar-refractivity contribution in [3.63, 3.8) is 0 Å². The van der Waals surface area contributed by atoms with E-state index in [1.807, 2.05) is 12.2 Å². The lowest BCUT2D eigenvalue weighted by molar-refractivity contribution is 0.944. The average Bonchev–Trinajstić information content (AvgIpc) is 2.98. The van der Waals surface area contributed by atoms with Crippen molar-refractivity contribution in [1.29, 1.82) is 0 Å². The standard InChI is InChI=1S/C34H29N3/c35-33(23-10-2-1-3-11-23)24-18-20-25(21-19-24)34(37-36)31-17-9-8-16-30(31)32-22-26-12-4-5-13-27(26)28-14-6-7-15-29(28)32/h1-10,12-22,30,37H,11,35-36H2/b33-23-,34-31-. The molecular formula is C34H29N3. The summed E-state index contributed by atoms with van der Waals surface area (Å²) in [7, 11) is 0. The summed E-state index contributed by atoms with van der Waals surface area (Å²) >= 11 is 0. The minimum absolute atomic E-state index is 0.0524. The number of nitrogens with two attached hydrogens (primary N) is 2. The van der Waals surface area contributed by atoms with Gasteiger partial charge in [-0.3, -0.25) is 5.84 Å². The van der Waals surface area contributed by atoms with E-state index in [9.17, 15) is 0 Å². The highest BCUT2D eigenvalue weighted by Gasteiger charge is 2.22. The highest BCUT2D eigenvalue weighted by atomic mass is 15.2. The minimum Gasteiger partial charge on any atom is -0.398 e. The van der Waals surface area contributed by atoms with Gasteiger partial charge >= 0.3 is 0 Å². The van der Waals surface area contributed by atoms with Crippen molar-refractivity contribution in [2.75, 3.05) is 0 Å². The molecule has 0 aliphatic heterocycles. The van der Waals surface area contributed by atoms with Gasteiger partial charge in [-0.05, 0) is 61.9 Å². The molecular weight excluding hydrogens is 450 g/mol. The molecule has 0 spiro atoms. The summed E-state index contributed by atoms with van der Waals surface area (Å²) in [5, 5.41) is 5.02. The number of hydrogen-bond acceptors (Lipinski definition) is 3. The second-order valence-corrected chi connectivity index (χ2v) is 9.44. The van der Waals surface area contributed by atoms with Crippen LogP contribution in [0.5, 0.6) is 0 Å². The fourth-order valence-electron chi connectivity index (χ4n) is 5.44. The molecule has 1 unspecified atom stereocenters. The first-order valence-corrected chi connectivity index (χ1v) is 12.6. The van der Waals surface area contributed by atoms with Crippen LogP contribution in [0.1, 0.15) is 29.0 Å². The maximum absolute atomic E-state index is 6.49. The Morgan fingerprint density at radius 2 is 1.43 bits per heavy atom. The largest absolute Gasteiger partial charge is 0.398 e. The number of allylic oxidation sites excluding steroid dienone is 10. The summed E-state index contributed by atoms with van der Waals surface area (Å²) in [5.74, 6) is 6.23. The Morgan fingerprint density at radius 1 is 0.730 bits per heavy atom. The van der Waals surface area contributed by atoms with Crippen molar-refractivity contribution in [2.45, 2.75) is 12.3 Å². The van der Waals surface area contributed by atoms with Gasteiger partial charge in [0.1, 0.15) is 0 Å². The van der Waals surface area contributed by atoms with Gasteiger partial charge < -0.3 is 11.2 Å². The van der Waals surface area contributed by atoms with E-state index >= 15 is 0 Å². The Morgan fingerprint density at radius 3 is 2.19 bits per heavy atom. The quantitative estimate of drug-likeness (QED) is 0.164. The van der Waals surface area contributed by atoms with Crippen LogP contribution in [-0.4, -0.2) is 0 Å². The van der Waals surface area contributed by atoms with Crippen molar-refractivity contribution in [3.8, 4) is 0 Å². The molecule has 0 bridgehead atoms. The molecule has 0 aromatic heterocycles. The smallest absolute Gasteiger partial charge is 0.0598 e. The molecule has 3 heteroatoms. The zero-order valence-corrected chi connectivity index (χ0v) is 20.6. The van der Waals surface area contributed by atoms with Gasteiger partial charge in [-0.15, -0.1) is 0 Å². The zero-order valence-electron chi connectivity index (χ0n) is 20.6. The van der Waals surface area contributed by atoms with E-state index in [0.29, 0.717) is 0 Å². The first-order valence-electron chi connectivity index (χ1n) is 12.6. The number of nitrogens with one attached hydrogen (secondary N) is 1. The SMILES string of the molecule is NN/C(=C1/C=CC=CC1c1cc2ccccc2c2ccccc12)c1ccc(/C(N)=C2\C=CC=CC2)cc1. The fourth-order valence-corrected chi connectivity index (χ4v) is 5.44. The average molecular weight is 480 g/mol. The molecule has 2 aliphatic rings. The monoisotopic (exact) mass is 479 g/mol. The molecule has 3 nitrogen and oxygen atoms in total. The second kappa shape index (κ2) is 9.81. The van der Waals surface area contributed by atoms with Crippen LogP contribution in [0.25, 0.3) is 32.9 Å². The summed E-state index contributed by atoms with van der Waals surface area (Å²) < 4.78 is 0. The maximum atomic E-state index is 6.49. The Hall–Kier alpha value is -4.60. The van der Waals surface area contributed by atoms with Crippen molar-refractivity contribution >= 4 is 32.9 Å². The van der Waals surface area contributed by atoms with Gasteiger partial charge in [0.25, 0.3) is 0 Å². The van der Waals surface area contributed by atoms with Gasteiger partial charge in [0.05, 0.1) is 5.70 Å². The zero-order chi connectivity index (χ0) is 25.2. The van der Waals surface area contributed by atoms with Crippen LogP contribution in [-0.2, 0) is 0 Å². The van der Waals surface area contributed by atoms with E-state index in [1.165, 1.54) is 27.1 Å². The third-order valence-corrected chi connectivity index (χ3v) is 7.31. The molecule has 5 N–H and O–H groups in total. The molecule has 1 atom stereocenters. The predicted molar refractivity (Wildman–Crippen MR) is 157 cm³/mol. The molecule has 0 fully saturated rings.